The Morgan fingerprint density at radius 2 is 2.03 bits per heavy atom. The van der Waals surface area contributed by atoms with Gasteiger partial charge in [-0.15, -0.1) is 11.8 Å². The number of carbonyl (C=O) groups excluding carboxylic acids is 1. The lowest BCUT2D eigenvalue weighted by atomic mass is 9.84. The average Bonchev–Trinajstić information content (AvgIpc) is 3.14. The van der Waals surface area contributed by atoms with E-state index in [1.165, 1.54) is 43.4 Å². The van der Waals surface area contributed by atoms with Crippen LogP contribution in [0.1, 0.15) is 78.1 Å². The van der Waals surface area contributed by atoms with Gasteiger partial charge in [-0.2, -0.15) is 0 Å². The van der Waals surface area contributed by atoms with Crippen LogP contribution in [0.3, 0.4) is 0 Å². The molecular weight excluding hydrogens is 390 g/mol. The molecule has 4 rings (SSSR count). The van der Waals surface area contributed by atoms with Crippen molar-refractivity contribution in [3.8, 4) is 0 Å². The fraction of sp³-hybridized carbons (Fsp3) is 0.720. The van der Waals surface area contributed by atoms with Gasteiger partial charge in [0.05, 0.1) is 10.9 Å². The predicted octanol–water partition coefficient (Wildman–Crippen LogP) is 5.10. The van der Waals surface area contributed by atoms with E-state index in [9.17, 15) is 4.79 Å². The van der Waals surface area contributed by atoms with E-state index in [4.69, 9.17) is 5.73 Å². The first kappa shape index (κ1) is 22.2. The second-order valence-corrected chi connectivity index (χ2v) is 11.3. The number of fused-ring (bicyclic) bond motifs is 1. The first-order valence-corrected chi connectivity index (χ1v) is 12.9. The number of carbonyl (C=O) groups is 1. The molecule has 3 unspecified atom stereocenters. The highest BCUT2D eigenvalue weighted by atomic mass is 32.2. The zero-order valence-electron chi connectivity index (χ0n) is 18.7. The van der Waals surface area contributed by atoms with Crippen molar-refractivity contribution in [1.82, 2.24) is 5.32 Å². The third kappa shape index (κ3) is 5.05. The molecule has 2 fully saturated rings. The Balaban J connectivity index is 1.33. The van der Waals surface area contributed by atoms with E-state index in [1.807, 2.05) is 0 Å². The van der Waals surface area contributed by atoms with Crippen molar-refractivity contribution >= 4 is 23.4 Å². The van der Waals surface area contributed by atoms with Gasteiger partial charge in [-0.3, -0.25) is 4.79 Å². The number of rotatable bonds is 7. The summed E-state index contributed by atoms with van der Waals surface area (Å²) in [5.41, 5.74) is 7.57. The number of para-hydroxylation sites is 1. The van der Waals surface area contributed by atoms with Gasteiger partial charge in [0.2, 0.25) is 5.91 Å². The van der Waals surface area contributed by atoms with E-state index in [0.717, 1.165) is 37.9 Å². The molecule has 0 radical (unpaired) electrons. The van der Waals surface area contributed by atoms with Gasteiger partial charge >= 0.3 is 0 Å². The molecule has 0 spiro atoms. The summed E-state index contributed by atoms with van der Waals surface area (Å²) in [7, 11) is 0. The number of thioether (sulfide) groups is 1. The van der Waals surface area contributed by atoms with Crippen LogP contribution in [-0.4, -0.2) is 35.3 Å². The van der Waals surface area contributed by atoms with Crippen LogP contribution in [0.2, 0.25) is 0 Å². The number of hydrogen-bond acceptors (Lipinski definition) is 4. The van der Waals surface area contributed by atoms with Crippen molar-refractivity contribution in [3.63, 3.8) is 0 Å². The number of unbranched alkanes of at least 4 members (excludes halogenated alkanes) is 2. The second-order valence-electron chi connectivity index (χ2n) is 10.1. The summed E-state index contributed by atoms with van der Waals surface area (Å²) in [6.45, 7) is 5.54. The van der Waals surface area contributed by atoms with Crippen molar-refractivity contribution in [2.24, 2.45) is 11.7 Å². The molecule has 1 amide bonds. The number of anilines is 1. The van der Waals surface area contributed by atoms with Gasteiger partial charge in [0.1, 0.15) is 0 Å². The number of benzene rings is 1. The highest BCUT2D eigenvalue weighted by Crippen LogP contribution is 2.45. The maximum Gasteiger partial charge on any atom is 0.240 e. The molecule has 30 heavy (non-hydrogen) atoms. The Morgan fingerprint density at radius 3 is 2.80 bits per heavy atom. The molecule has 5 heteroatoms. The van der Waals surface area contributed by atoms with Gasteiger partial charge in [0.25, 0.3) is 0 Å². The summed E-state index contributed by atoms with van der Waals surface area (Å²) in [5, 5.41) is 3.86. The summed E-state index contributed by atoms with van der Waals surface area (Å²) < 4.78 is 0. The molecule has 1 aromatic rings. The number of nitrogens with two attached hydrogens (primary N) is 1. The molecule has 0 aromatic heterocycles. The Kier molecular flexibility index (Phi) is 7.11. The Bertz CT molecular complexity index is 741. The van der Waals surface area contributed by atoms with E-state index in [0.29, 0.717) is 23.4 Å². The largest absolute Gasteiger partial charge is 0.328 e. The molecule has 1 aliphatic carbocycles. The van der Waals surface area contributed by atoms with Crippen LogP contribution in [0.15, 0.2) is 29.2 Å². The zero-order valence-corrected chi connectivity index (χ0v) is 19.6. The number of nitrogens with one attached hydrogen (secondary N) is 1. The summed E-state index contributed by atoms with van der Waals surface area (Å²) in [4.78, 5) is 16.8. The van der Waals surface area contributed by atoms with Gasteiger partial charge in [-0.1, -0.05) is 31.4 Å². The maximum atomic E-state index is 13.4. The smallest absolute Gasteiger partial charge is 0.240 e. The minimum Gasteiger partial charge on any atom is -0.328 e. The first-order chi connectivity index (χ1) is 14.5. The SMILES string of the molecule is C[C@H]1CCC[C@@](C)(CCCCCN2C(=O)C(C3CCC(N)C3)Sc3ccccc32)N1. The van der Waals surface area contributed by atoms with Gasteiger partial charge in [-0.25, -0.2) is 0 Å². The monoisotopic (exact) mass is 429 g/mol. The first-order valence-electron chi connectivity index (χ1n) is 12.1. The fourth-order valence-corrected chi connectivity index (χ4v) is 7.19. The van der Waals surface area contributed by atoms with Crippen LogP contribution in [-0.2, 0) is 4.79 Å². The number of piperidine rings is 1. The average molecular weight is 430 g/mol. The van der Waals surface area contributed by atoms with E-state index in [2.05, 4.69) is 48.3 Å². The van der Waals surface area contributed by atoms with Gasteiger partial charge in [0, 0.05) is 29.1 Å². The van der Waals surface area contributed by atoms with Crippen LogP contribution < -0.4 is 16.0 Å². The van der Waals surface area contributed by atoms with E-state index < -0.39 is 0 Å². The molecule has 0 bridgehead atoms. The van der Waals surface area contributed by atoms with Gasteiger partial charge in [-0.05, 0) is 76.8 Å². The van der Waals surface area contributed by atoms with E-state index >= 15 is 0 Å². The quantitative estimate of drug-likeness (QED) is 0.592. The number of hydrogen-bond donors (Lipinski definition) is 2. The van der Waals surface area contributed by atoms with Crippen LogP contribution in [0, 0.1) is 5.92 Å². The second kappa shape index (κ2) is 9.62. The van der Waals surface area contributed by atoms with Crippen molar-refractivity contribution in [3.05, 3.63) is 24.3 Å². The highest BCUT2D eigenvalue weighted by Gasteiger charge is 2.40. The molecule has 5 atom stereocenters. The van der Waals surface area contributed by atoms with Gasteiger partial charge in [0.15, 0.2) is 0 Å². The summed E-state index contributed by atoms with van der Waals surface area (Å²) in [6, 6.07) is 9.36. The molecule has 2 aliphatic heterocycles. The normalized spacial score (nSPS) is 34.2. The van der Waals surface area contributed by atoms with Gasteiger partial charge < -0.3 is 16.0 Å². The minimum atomic E-state index is 0.0419. The molecule has 1 saturated heterocycles. The van der Waals surface area contributed by atoms with E-state index in [-0.39, 0.29) is 11.3 Å². The van der Waals surface area contributed by atoms with Crippen molar-refractivity contribution in [2.45, 2.75) is 106 Å². The molecule has 1 aromatic carbocycles. The minimum absolute atomic E-state index is 0.0419. The predicted molar refractivity (Wildman–Crippen MR) is 127 cm³/mol. The summed E-state index contributed by atoms with van der Waals surface area (Å²) >= 11 is 1.78. The van der Waals surface area contributed by atoms with Crippen LogP contribution in [0.5, 0.6) is 0 Å². The van der Waals surface area contributed by atoms with Crippen molar-refractivity contribution in [2.75, 3.05) is 11.4 Å². The molecule has 1 saturated carbocycles. The topological polar surface area (TPSA) is 58.4 Å². The lowest BCUT2D eigenvalue weighted by molar-refractivity contribution is -0.119. The fourth-order valence-electron chi connectivity index (χ4n) is 5.79. The summed E-state index contributed by atoms with van der Waals surface area (Å²) in [6.07, 6.45) is 11.8. The molecule has 3 aliphatic rings. The standard InChI is InChI=1S/C25H39N3OS/c1-18-9-8-15-25(2,27-18)14-6-3-7-16-28-21-10-4-5-11-22(21)30-23(24(28)29)19-12-13-20(26)17-19/h4-5,10-11,18-20,23,27H,3,6-9,12-17,26H2,1-2H3/t18-,19?,20?,23?,25+/m0/s1. The third-order valence-electron chi connectivity index (χ3n) is 7.43. The molecule has 2 heterocycles. The lowest BCUT2D eigenvalue weighted by Gasteiger charge is -2.39. The molecule has 3 N–H and O–H groups in total. The Morgan fingerprint density at radius 1 is 1.20 bits per heavy atom. The number of amides is 1. The number of nitrogens with zero attached hydrogens (tertiary/aromatic N) is 1. The lowest BCUT2D eigenvalue weighted by Crippen LogP contribution is -2.50. The Hall–Kier alpha value is -1.04. The van der Waals surface area contributed by atoms with Crippen LogP contribution in [0.4, 0.5) is 5.69 Å². The maximum absolute atomic E-state index is 13.4. The van der Waals surface area contributed by atoms with Crippen molar-refractivity contribution in [1.29, 1.82) is 0 Å². The summed E-state index contributed by atoms with van der Waals surface area (Å²) in [5.74, 6) is 0.736. The van der Waals surface area contributed by atoms with Crippen LogP contribution >= 0.6 is 11.8 Å². The van der Waals surface area contributed by atoms with E-state index in [1.54, 1.807) is 11.8 Å². The van der Waals surface area contributed by atoms with Crippen LogP contribution in [0.25, 0.3) is 0 Å². The third-order valence-corrected chi connectivity index (χ3v) is 8.87. The Labute approximate surface area is 186 Å². The molecule has 4 nitrogen and oxygen atoms in total. The molecule has 166 valence electrons. The van der Waals surface area contributed by atoms with Crippen molar-refractivity contribution < 1.29 is 4.79 Å². The highest BCUT2D eigenvalue weighted by molar-refractivity contribution is 8.01. The zero-order chi connectivity index (χ0) is 21.1. The molecular formula is C25H39N3OS.